The highest BCUT2D eigenvalue weighted by Gasteiger charge is 2.27. The Hall–Kier alpha value is -2.50. The van der Waals surface area contributed by atoms with Crippen molar-refractivity contribution < 1.29 is 19.5 Å². The quantitative estimate of drug-likeness (QED) is 0.753. The smallest absolute Gasteiger partial charge is 0.273 e. The van der Waals surface area contributed by atoms with Crippen molar-refractivity contribution in [2.24, 2.45) is 5.92 Å². The van der Waals surface area contributed by atoms with Crippen LogP contribution in [0.5, 0.6) is 11.5 Å². The fourth-order valence-electron chi connectivity index (χ4n) is 2.47. The van der Waals surface area contributed by atoms with Crippen LogP contribution in [0.1, 0.15) is 30.3 Å². The molecule has 0 aliphatic heterocycles. The van der Waals surface area contributed by atoms with Gasteiger partial charge in [0.15, 0.2) is 23.0 Å². The highest BCUT2D eigenvalue weighted by atomic mass is 16.5. The van der Waals surface area contributed by atoms with Crippen LogP contribution in [0.4, 0.5) is 0 Å². The molecule has 6 heteroatoms. The lowest BCUT2D eigenvalue weighted by molar-refractivity contribution is 0.0887. The summed E-state index contributed by atoms with van der Waals surface area (Å²) in [6.07, 6.45) is 1.98. The molecule has 0 bridgehead atoms. The van der Waals surface area contributed by atoms with E-state index in [1.165, 1.54) is 18.2 Å². The predicted molar refractivity (Wildman–Crippen MR) is 74.9 cm³/mol. The second kappa shape index (κ2) is 5.12. The van der Waals surface area contributed by atoms with Gasteiger partial charge in [0, 0.05) is 17.7 Å². The summed E-state index contributed by atoms with van der Waals surface area (Å²) < 4.78 is 5.12. The Labute approximate surface area is 121 Å². The molecule has 3 N–H and O–H groups in total. The lowest BCUT2D eigenvalue weighted by atomic mass is 9.82. The number of phenolic OH excluding ortho intramolecular Hbond substituents is 2. The van der Waals surface area contributed by atoms with Crippen molar-refractivity contribution in [1.82, 2.24) is 10.5 Å². The number of aromatic hydroxyl groups is 2. The monoisotopic (exact) mass is 288 g/mol. The summed E-state index contributed by atoms with van der Waals surface area (Å²) in [5.41, 5.74) is 0.742. The van der Waals surface area contributed by atoms with Gasteiger partial charge < -0.3 is 20.1 Å². The lowest BCUT2D eigenvalue weighted by Crippen LogP contribution is -2.43. The fourth-order valence-corrected chi connectivity index (χ4v) is 2.47. The highest BCUT2D eigenvalue weighted by molar-refractivity contribution is 5.93. The Bertz CT molecular complexity index is 674. The van der Waals surface area contributed by atoms with Crippen LogP contribution in [0.15, 0.2) is 28.8 Å². The molecule has 0 radical (unpaired) electrons. The molecule has 1 aliphatic carbocycles. The summed E-state index contributed by atoms with van der Waals surface area (Å²) in [7, 11) is 0. The second-order valence-electron chi connectivity index (χ2n) is 5.53. The van der Waals surface area contributed by atoms with E-state index in [0.717, 1.165) is 12.8 Å². The zero-order valence-corrected chi connectivity index (χ0v) is 11.5. The van der Waals surface area contributed by atoms with E-state index in [-0.39, 0.29) is 29.1 Å². The Morgan fingerprint density at radius 1 is 1.29 bits per heavy atom. The normalized spacial score (nSPS) is 20.8. The van der Waals surface area contributed by atoms with Crippen LogP contribution >= 0.6 is 0 Å². The van der Waals surface area contributed by atoms with Crippen molar-refractivity contribution in [2.45, 2.75) is 25.8 Å². The van der Waals surface area contributed by atoms with E-state index >= 15 is 0 Å². The van der Waals surface area contributed by atoms with E-state index in [1.54, 1.807) is 6.07 Å². The zero-order chi connectivity index (χ0) is 15.0. The first-order chi connectivity index (χ1) is 10.0. The third-order valence-corrected chi connectivity index (χ3v) is 3.71. The summed E-state index contributed by atoms with van der Waals surface area (Å²) in [6, 6.07) is 6.01. The number of amides is 1. The second-order valence-corrected chi connectivity index (χ2v) is 5.53. The topological polar surface area (TPSA) is 95.6 Å². The van der Waals surface area contributed by atoms with Crippen LogP contribution < -0.4 is 5.32 Å². The van der Waals surface area contributed by atoms with Crippen molar-refractivity contribution in [2.75, 3.05) is 0 Å². The first-order valence-electron chi connectivity index (χ1n) is 6.83. The van der Waals surface area contributed by atoms with Crippen LogP contribution in [0.25, 0.3) is 11.3 Å². The average Bonchev–Trinajstić information content (AvgIpc) is 2.90. The number of nitrogens with one attached hydrogen (secondary N) is 1. The highest BCUT2D eigenvalue weighted by Crippen LogP contribution is 2.31. The van der Waals surface area contributed by atoms with Gasteiger partial charge in [-0.2, -0.15) is 0 Å². The van der Waals surface area contributed by atoms with Gasteiger partial charge >= 0.3 is 0 Å². The van der Waals surface area contributed by atoms with Crippen LogP contribution in [0.3, 0.4) is 0 Å². The van der Waals surface area contributed by atoms with E-state index in [1.807, 2.05) is 0 Å². The van der Waals surface area contributed by atoms with Crippen molar-refractivity contribution >= 4 is 5.91 Å². The van der Waals surface area contributed by atoms with Crippen LogP contribution in [0.2, 0.25) is 0 Å². The number of benzene rings is 1. The van der Waals surface area contributed by atoms with Crippen LogP contribution in [-0.4, -0.2) is 27.3 Å². The Kier molecular flexibility index (Phi) is 3.29. The number of nitrogens with zero attached hydrogens (tertiary/aromatic N) is 1. The number of aromatic nitrogens is 1. The molecule has 1 amide bonds. The summed E-state index contributed by atoms with van der Waals surface area (Å²) >= 11 is 0. The van der Waals surface area contributed by atoms with Gasteiger partial charge in [-0.1, -0.05) is 12.1 Å². The number of carbonyl (C=O) groups excluding carboxylic acids is 1. The number of carbonyl (C=O) groups is 1. The molecule has 1 fully saturated rings. The molecule has 3 rings (SSSR count). The molecule has 1 aromatic carbocycles. The van der Waals surface area contributed by atoms with E-state index in [2.05, 4.69) is 17.4 Å². The van der Waals surface area contributed by atoms with Gasteiger partial charge in [-0.25, -0.2) is 0 Å². The third-order valence-electron chi connectivity index (χ3n) is 3.71. The maximum atomic E-state index is 12.0. The number of hydrogen-bond donors (Lipinski definition) is 3. The van der Waals surface area contributed by atoms with Gasteiger partial charge in [0.25, 0.3) is 5.91 Å². The summed E-state index contributed by atoms with van der Waals surface area (Å²) in [6.45, 7) is 2.15. The Morgan fingerprint density at radius 2 is 2.05 bits per heavy atom. The molecule has 1 saturated carbocycles. The number of phenols is 2. The molecule has 1 aromatic heterocycles. The van der Waals surface area contributed by atoms with Gasteiger partial charge in [0.05, 0.1) is 0 Å². The minimum Gasteiger partial charge on any atom is -0.504 e. The molecule has 0 saturated heterocycles. The zero-order valence-electron chi connectivity index (χ0n) is 11.5. The number of hydrogen-bond acceptors (Lipinski definition) is 5. The van der Waals surface area contributed by atoms with Crippen molar-refractivity contribution in [1.29, 1.82) is 0 Å². The van der Waals surface area contributed by atoms with E-state index < -0.39 is 0 Å². The minimum absolute atomic E-state index is 0.206. The molecule has 0 atom stereocenters. The Balaban J connectivity index is 1.73. The first kappa shape index (κ1) is 13.5. The van der Waals surface area contributed by atoms with Crippen molar-refractivity contribution in [3.63, 3.8) is 0 Å². The molecule has 21 heavy (non-hydrogen) atoms. The maximum Gasteiger partial charge on any atom is 0.273 e. The third kappa shape index (κ3) is 2.69. The molecule has 6 nitrogen and oxygen atoms in total. The van der Waals surface area contributed by atoms with Crippen LogP contribution in [0, 0.1) is 5.92 Å². The molecule has 2 aromatic rings. The molecular formula is C15H16N2O4. The SMILES string of the molecule is C[C@H]1C[C@@H](NC(=O)c2cc(-c3ccc(O)c(O)c3)on2)C1. The summed E-state index contributed by atoms with van der Waals surface area (Å²) in [5, 5.41) is 25.4. The van der Waals surface area contributed by atoms with Crippen molar-refractivity contribution in [3.8, 4) is 22.8 Å². The largest absolute Gasteiger partial charge is 0.504 e. The van der Waals surface area contributed by atoms with E-state index in [4.69, 9.17) is 4.52 Å². The fraction of sp³-hybridized carbons (Fsp3) is 0.333. The minimum atomic E-state index is -0.259. The van der Waals surface area contributed by atoms with Gasteiger partial charge in [0.2, 0.25) is 0 Å². The molecular weight excluding hydrogens is 272 g/mol. The first-order valence-corrected chi connectivity index (χ1v) is 6.83. The molecule has 0 spiro atoms. The van der Waals surface area contributed by atoms with Crippen molar-refractivity contribution in [3.05, 3.63) is 30.0 Å². The summed E-state index contributed by atoms with van der Waals surface area (Å²) in [5.74, 6) is 0.291. The molecule has 0 unspecified atom stereocenters. The maximum absolute atomic E-state index is 12.0. The predicted octanol–water partition coefficient (Wildman–Crippen LogP) is 2.28. The lowest BCUT2D eigenvalue weighted by Gasteiger charge is -2.32. The standard InChI is InChI=1S/C15H16N2O4/c1-8-4-10(5-8)16-15(20)11-7-14(21-17-11)9-2-3-12(18)13(19)6-9/h2-3,6-8,10,18-19H,4-5H2,1H3,(H,16,20)/t8-,10+. The van der Waals surface area contributed by atoms with Gasteiger partial charge in [-0.3, -0.25) is 4.79 Å². The van der Waals surface area contributed by atoms with E-state index in [9.17, 15) is 15.0 Å². The molecule has 110 valence electrons. The van der Waals surface area contributed by atoms with Gasteiger partial charge in [-0.15, -0.1) is 0 Å². The Morgan fingerprint density at radius 3 is 2.71 bits per heavy atom. The molecule has 1 aliphatic rings. The van der Waals surface area contributed by atoms with Crippen LogP contribution in [-0.2, 0) is 0 Å². The summed E-state index contributed by atoms with van der Waals surface area (Å²) in [4.78, 5) is 12.0. The number of rotatable bonds is 3. The average molecular weight is 288 g/mol. The van der Waals surface area contributed by atoms with Gasteiger partial charge in [-0.05, 0) is 37.0 Å². The van der Waals surface area contributed by atoms with Gasteiger partial charge in [0.1, 0.15) is 0 Å². The molecule has 1 heterocycles. The van der Waals surface area contributed by atoms with E-state index in [0.29, 0.717) is 17.2 Å².